The first-order valence-corrected chi connectivity index (χ1v) is 8.56. The highest BCUT2D eigenvalue weighted by atomic mass is 16.6. The smallest absolute Gasteiger partial charge is 0.344 e. The second kappa shape index (κ2) is 9.91. The van der Waals surface area contributed by atoms with Gasteiger partial charge in [0.15, 0.2) is 30.5 Å². The molecule has 0 heterocycles. The number of esters is 2. The molecule has 0 bridgehead atoms. The van der Waals surface area contributed by atoms with Crippen molar-refractivity contribution in [2.45, 2.75) is 46.3 Å². The zero-order valence-electron chi connectivity index (χ0n) is 16.4. The van der Waals surface area contributed by atoms with Crippen LogP contribution in [0.1, 0.15) is 45.0 Å². The van der Waals surface area contributed by atoms with E-state index in [0.717, 1.165) is 0 Å². The van der Waals surface area contributed by atoms with Crippen molar-refractivity contribution < 1.29 is 33.3 Å². The molecule has 0 aliphatic heterocycles. The van der Waals surface area contributed by atoms with Crippen LogP contribution in [-0.4, -0.2) is 49.2 Å². The van der Waals surface area contributed by atoms with Gasteiger partial charge in [-0.3, -0.25) is 4.79 Å². The first-order valence-electron chi connectivity index (χ1n) is 8.56. The van der Waals surface area contributed by atoms with Crippen LogP contribution in [0.4, 0.5) is 0 Å². The highest BCUT2D eigenvalue weighted by Crippen LogP contribution is 2.29. The van der Waals surface area contributed by atoms with Crippen molar-refractivity contribution >= 4 is 17.7 Å². The fourth-order valence-corrected chi connectivity index (χ4v) is 1.97. The largest absolute Gasteiger partial charge is 0.478 e. The van der Waals surface area contributed by atoms with Gasteiger partial charge in [-0.05, 0) is 52.8 Å². The number of ether oxygens (including phenoxy) is 4. The lowest BCUT2D eigenvalue weighted by molar-refractivity contribution is -0.157. The van der Waals surface area contributed by atoms with E-state index in [-0.39, 0.29) is 43.1 Å². The molecule has 2 N–H and O–H groups in total. The molecule has 0 amide bonds. The van der Waals surface area contributed by atoms with Gasteiger partial charge in [-0.2, -0.15) is 0 Å². The SMILES string of the molecule is CC(C)OC(=O)COc1ccc(C(=O)CN)cc1OCC(=O)OC(C)(C)C. The fraction of sp³-hybridized carbons (Fsp3) is 0.526. The van der Waals surface area contributed by atoms with Crippen LogP contribution in [0, 0.1) is 0 Å². The standard InChI is InChI=1S/C19H27NO7/c1-12(2)26-17(22)10-24-15-7-6-13(14(21)9-20)8-16(15)25-11-18(23)27-19(3,4)5/h6-8,12H,9-11,20H2,1-5H3. The van der Waals surface area contributed by atoms with Crippen LogP contribution in [0.5, 0.6) is 11.5 Å². The van der Waals surface area contributed by atoms with E-state index in [9.17, 15) is 14.4 Å². The van der Waals surface area contributed by atoms with Gasteiger partial charge in [-0.15, -0.1) is 0 Å². The van der Waals surface area contributed by atoms with Crippen LogP contribution in [0.3, 0.4) is 0 Å². The number of rotatable bonds is 9. The Balaban J connectivity index is 2.90. The summed E-state index contributed by atoms with van der Waals surface area (Å²) in [5, 5.41) is 0. The van der Waals surface area contributed by atoms with Crippen LogP contribution >= 0.6 is 0 Å². The van der Waals surface area contributed by atoms with Crippen molar-refractivity contribution in [1.29, 1.82) is 0 Å². The Morgan fingerprint density at radius 3 is 2.15 bits per heavy atom. The van der Waals surface area contributed by atoms with Crippen LogP contribution in [0.15, 0.2) is 18.2 Å². The number of benzene rings is 1. The minimum atomic E-state index is -0.655. The number of carbonyl (C=O) groups excluding carboxylic acids is 3. The summed E-state index contributed by atoms with van der Waals surface area (Å²) in [4.78, 5) is 35.3. The quantitative estimate of drug-likeness (QED) is 0.509. The number of ketones is 1. The van der Waals surface area contributed by atoms with E-state index in [1.807, 2.05) is 0 Å². The van der Waals surface area contributed by atoms with Crippen molar-refractivity contribution in [3.05, 3.63) is 23.8 Å². The molecule has 0 saturated carbocycles. The maximum absolute atomic E-state index is 11.9. The Bertz CT molecular complexity index is 677. The molecule has 1 aromatic rings. The van der Waals surface area contributed by atoms with Gasteiger partial charge in [0.05, 0.1) is 12.6 Å². The van der Waals surface area contributed by atoms with Crippen LogP contribution < -0.4 is 15.2 Å². The third-order valence-corrected chi connectivity index (χ3v) is 2.93. The van der Waals surface area contributed by atoms with Gasteiger partial charge < -0.3 is 24.7 Å². The summed E-state index contributed by atoms with van der Waals surface area (Å²) >= 11 is 0. The number of hydrogen-bond acceptors (Lipinski definition) is 8. The van der Waals surface area contributed by atoms with Crippen molar-refractivity contribution in [3.63, 3.8) is 0 Å². The number of Topliss-reactive ketones (excluding diaryl/α,β-unsaturated/α-hetero) is 1. The van der Waals surface area contributed by atoms with Crippen molar-refractivity contribution in [2.75, 3.05) is 19.8 Å². The van der Waals surface area contributed by atoms with Gasteiger partial charge >= 0.3 is 11.9 Å². The third kappa shape index (κ3) is 8.54. The molecule has 8 heteroatoms. The summed E-state index contributed by atoms with van der Waals surface area (Å²) in [5.74, 6) is -1.12. The third-order valence-electron chi connectivity index (χ3n) is 2.93. The molecule has 27 heavy (non-hydrogen) atoms. The highest BCUT2D eigenvalue weighted by Gasteiger charge is 2.19. The summed E-state index contributed by atoms with van der Waals surface area (Å²) in [7, 11) is 0. The second-order valence-corrected chi connectivity index (χ2v) is 6.99. The minimum absolute atomic E-state index is 0.123. The lowest BCUT2D eigenvalue weighted by Gasteiger charge is -2.20. The lowest BCUT2D eigenvalue weighted by Crippen LogP contribution is -2.27. The maximum atomic E-state index is 11.9. The molecule has 1 rings (SSSR count). The van der Waals surface area contributed by atoms with Gasteiger partial charge in [0, 0.05) is 5.56 Å². The lowest BCUT2D eigenvalue weighted by atomic mass is 10.1. The van der Waals surface area contributed by atoms with E-state index < -0.39 is 17.5 Å². The first-order chi connectivity index (χ1) is 12.5. The van der Waals surface area contributed by atoms with E-state index in [1.165, 1.54) is 18.2 Å². The fourth-order valence-electron chi connectivity index (χ4n) is 1.97. The number of hydrogen-bond donors (Lipinski definition) is 1. The Labute approximate surface area is 158 Å². The Kier molecular flexibility index (Phi) is 8.24. The van der Waals surface area contributed by atoms with E-state index >= 15 is 0 Å². The second-order valence-electron chi connectivity index (χ2n) is 6.99. The monoisotopic (exact) mass is 381 g/mol. The predicted molar refractivity (Wildman–Crippen MR) is 97.9 cm³/mol. The predicted octanol–water partition coefficient (Wildman–Crippen LogP) is 1.88. The number of nitrogens with two attached hydrogens (primary N) is 1. The Hall–Kier alpha value is -2.61. The molecule has 0 aliphatic carbocycles. The molecule has 8 nitrogen and oxygen atoms in total. The number of carbonyl (C=O) groups is 3. The molecule has 0 aliphatic rings. The van der Waals surface area contributed by atoms with Gasteiger partial charge in [0.2, 0.25) is 0 Å². The molecule has 150 valence electrons. The molecule has 0 atom stereocenters. The van der Waals surface area contributed by atoms with Crippen molar-refractivity contribution in [1.82, 2.24) is 0 Å². The molecule has 0 spiro atoms. The average molecular weight is 381 g/mol. The summed E-state index contributed by atoms with van der Waals surface area (Å²) in [6.45, 7) is 7.75. The summed E-state index contributed by atoms with van der Waals surface area (Å²) in [5.41, 5.74) is 5.02. The van der Waals surface area contributed by atoms with Gasteiger partial charge in [0.1, 0.15) is 5.60 Å². The topological polar surface area (TPSA) is 114 Å². The molecular weight excluding hydrogens is 354 g/mol. The normalized spacial score (nSPS) is 11.1. The highest BCUT2D eigenvalue weighted by molar-refractivity contribution is 5.98. The zero-order chi connectivity index (χ0) is 20.6. The van der Waals surface area contributed by atoms with Crippen LogP contribution in [0.25, 0.3) is 0 Å². The van der Waals surface area contributed by atoms with Gasteiger partial charge in [0.25, 0.3) is 0 Å². The molecule has 1 aromatic carbocycles. The van der Waals surface area contributed by atoms with Gasteiger partial charge in [-0.1, -0.05) is 0 Å². The molecule has 0 radical (unpaired) electrons. The summed E-state index contributed by atoms with van der Waals surface area (Å²) < 4.78 is 21.0. The molecular formula is C19H27NO7. The van der Waals surface area contributed by atoms with E-state index in [2.05, 4.69) is 0 Å². The Morgan fingerprint density at radius 2 is 1.59 bits per heavy atom. The average Bonchev–Trinajstić information content (AvgIpc) is 2.55. The van der Waals surface area contributed by atoms with Crippen molar-refractivity contribution in [2.24, 2.45) is 5.73 Å². The Morgan fingerprint density at radius 1 is 1.00 bits per heavy atom. The first kappa shape index (κ1) is 22.4. The van der Waals surface area contributed by atoms with Crippen LogP contribution in [0.2, 0.25) is 0 Å². The summed E-state index contributed by atoms with van der Waals surface area (Å²) in [6, 6.07) is 4.37. The maximum Gasteiger partial charge on any atom is 0.344 e. The molecule has 0 aromatic heterocycles. The minimum Gasteiger partial charge on any atom is -0.478 e. The van der Waals surface area contributed by atoms with Gasteiger partial charge in [-0.25, -0.2) is 9.59 Å². The van der Waals surface area contributed by atoms with E-state index in [1.54, 1.807) is 34.6 Å². The van der Waals surface area contributed by atoms with E-state index in [4.69, 9.17) is 24.7 Å². The van der Waals surface area contributed by atoms with E-state index in [0.29, 0.717) is 5.56 Å². The molecule has 0 fully saturated rings. The zero-order valence-corrected chi connectivity index (χ0v) is 16.4. The van der Waals surface area contributed by atoms with Crippen LogP contribution in [-0.2, 0) is 19.1 Å². The molecule has 0 saturated heterocycles. The summed E-state index contributed by atoms with van der Waals surface area (Å²) in [6.07, 6.45) is -0.270. The van der Waals surface area contributed by atoms with Crippen molar-refractivity contribution in [3.8, 4) is 11.5 Å². The molecule has 0 unspecified atom stereocenters.